The van der Waals surface area contributed by atoms with Crippen LogP contribution in [0.1, 0.15) is 12.8 Å². The van der Waals surface area contributed by atoms with Crippen LogP contribution in [-0.2, 0) is 0 Å². The maximum Gasteiger partial charge on any atom is 0.139 e. The number of nitrogens with two attached hydrogens (primary N) is 1. The number of hydrogen-bond donors (Lipinski definition) is 3. The van der Waals surface area contributed by atoms with Gasteiger partial charge in [0, 0.05) is 24.7 Å². The second-order valence-corrected chi connectivity index (χ2v) is 5.54. The Kier molecular flexibility index (Phi) is 6.27. The van der Waals surface area contributed by atoms with Gasteiger partial charge < -0.3 is 20.9 Å². The fourth-order valence-corrected chi connectivity index (χ4v) is 1.80. The topological polar surface area (TPSA) is 80.4 Å². The highest BCUT2D eigenvalue weighted by molar-refractivity contribution is 6.30. The van der Waals surface area contributed by atoms with Gasteiger partial charge in [-0.3, -0.25) is 4.98 Å². The van der Waals surface area contributed by atoms with Gasteiger partial charge >= 0.3 is 0 Å². The number of halogens is 1. The summed E-state index contributed by atoms with van der Waals surface area (Å²) in [5, 5.41) is 13.5. The lowest BCUT2D eigenvalue weighted by molar-refractivity contribution is 0.115. The number of ether oxygens (including phenoxy) is 1. The Morgan fingerprint density at radius 1 is 1.52 bits per heavy atom. The molecule has 1 fully saturated rings. The summed E-state index contributed by atoms with van der Waals surface area (Å²) in [5.41, 5.74) is 5.87. The fourth-order valence-electron chi connectivity index (χ4n) is 1.63. The minimum absolute atomic E-state index is 0.193. The van der Waals surface area contributed by atoms with E-state index in [0.29, 0.717) is 29.8 Å². The van der Waals surface area contributed by atoms with Crippen LogP contribution in [0.25, 0.3) is 0 Å². The van der Waals surface area contributed by atoms with E-state index in [1.807, 2.05) is 0 Å². The van der Waals surface area contributed by atoms with Crippen molar-refractivity contribution in [1.82, 2.24) is 10.3 Å². The minimum atomic E-state index is -0.695. The first-order valence-corrected chi connectivity index (χ1v) is 7.39. The molecule has 0 aromatic carbocycles. The van der Waals surface area contributed by atoms with Crippen molar-refractivity contribution in [2.24, 2.45) is 11.7 Å². The van der Waals surface area contributed by atoms with Gasteiger partial charge in [0.2, 0.25) is 0 Å². The SMILES string of the molecule is N[C@@H](COc1cncc(Cl)c1)[C@H](O)CNCC#CC1CC1. The molecule has 0 radical (unpaired) electrons. The van der Waals surface area contributed by atoms with Crippen molar-refractivity contribution >= 4 is 11.6 Å². The lowest BCUT2D eigenvalue weighted by Crippen LogP contribution is -2.45. The molecule has 0 saturated heterocycles. The Balaban J connectivity index is 1.62. The van der Waals surface area contributed by atoms with E-state index < -0.39 is 12.1 Å². The molecule has 4 N–H and O–H groups in total. The van der Waals surface area contributed by atoms with Crippen LogP contribution in [0.2, 0.25) is 5.02 Å². The van der Waals surface area contributed by atoms with E-state index in [4.69, 9.17) is 22.1 Å². The van der Waals surface area contributed by atoms with Gasteiger partial charge in [0.25, 0.3) is 0 Å². The molecule has 114 valence electrons. The zero-order valence-electron chi connectivity index (χ0n) is 11.8. The average Bonchev–Trinajstić information content (AvgIpc) is 3.28. The van der Waals surface area contributed by atoms with Crippen LogP contribution in [0.5, 0.6) is 5.75 Å². The summed E-state index contributed by atoms with van der Waals surface area (Å²) in [7, 11) is 0. The van der Waals surface area contributed by atoms with Crippen molar-refractivity contribution in [3.05, 3.63) is 23.5 Å². The zero-order valence-corrected chi connectivity index (χ0v) is 12.5. The van der Waals surface area contributed by atoms with Crippen molar-refractivity contribution in [1.29, 1.82) is 0 Å². The first kappa shape index (κ1) is 16.1. The number of aliphatic hydroxyl groups excluding tert-OH is 1. The van der Waals surface area contributed by atoms with E-state index in [2.05, 4.69) is 22.1 Å². The van der Waals surface area contributed by atoms with Gasteiger partial charge in [-0.15, -0.1) is 0 Å². The second kappa shape index (κ2) is 8.20. The Morgan fingerprint density at radius 3 is 3.05 bits per heavy atom. The van der Waals surface area contributed by atoms with Crippen molar-refractivity contribution in [2.45, 2.75) is 25.0 Å². The zero-order chi connectivity index (χ0) is 15.1. The Bertz CT molecular complexity index is 511. The van der Waals surface area contributed by atoms with Crippen LogP contribution >= 0.6 is 11.6 Å². The molecule has 1 saturated carbocycles. The van der Waals surface area contributed by atoms with Gasteiger partial charge in [-0.2, -0.15) is 0 Å². The Morgan fingerprint density at radius 2 is 2.33 bits per heavy atom. The van der Waals surface area contributed by atoms with Gasteiger partial charge in [0.05, 0.1) is 29.9 Å². The van der Waals surface area contributed by atoms with Crippen LogP contribution < -0.4 is 15.8 Å². The number of aliphatic hydroxyl groups is 1. The summed E-state index contributed by atoms with van der Waals surface area (Å²) >= 11 is 5.80. The lowest BCUT2D eigenvalue weighted by atomic mass is 10.2. The van der Waals surface area contributed by atoms with Crippen molar-refractivity contribution in [3.8, 4) is 17.6 Å². The van der Waals surface area contributed by atoms with Crippen molar-refractivity contribution in [3.63, 3.8) is 0 Å². The van der Waals surface area contributed by atoms with E-state index in [9.17, 15) is 5.11 Å². The first-order chi connectivity index (χ1) is 10.1. The largest absolute Gasteiger partial charge is 0.490 e. The van der Waals surface area contributed by atoms with E-state index in [-0.39, 0.29) is 6.61 Å². The maximum absolute atomic E-state index is 9.91. The van der Waals surface area contributed by atoms with Crippen molar-refractivity contribution < 1.29 is 9.84 Å². The number of aromatic nitrogens is 1. The van der Waals surface area contributed by atoms with E-state index in [0.717, 1.165) is 0 Å². The van der Waals surface area contributed by atoms with Crippen LogP contribution in [0.3, 0.4) is 0 Å². The molecule has 2 rings (SSSR count). The normalized spacial score (nSPS) is 16.7. The number of rotatable bonds is 7. The van der Waals surface area contributed by atoms with Crippen molar-refractivity contribution in [2.75, 3.05) is 19.7 Å². The van der Waals surface area contributed by atoms with Gasteiger partial charge in [0.15, 0.2) is 0 Å². The highest BCUT2D eigenvalue weighted by atomic mass is 35.5. The number of hydrogen-bond acceptors (Lipinski definition) is 5. The molecule has 1 aromatic rings. The molecular weight excluding hydrogens is 290 g/mol. The van der Waals surface area contributed by atoms with E-state index in [1.54, 1.807) is 12.3 Å². The number of nitrogens with zero attached hydrogens (tertiary/aromatic N) is 1. The third-order valence-corrected chi connectivity index (χ3v) is 3.27. The molecule has 0 bridgehead atoms. The molecule has 1 aliphatic rings. The molecule has 0 aliphatic heterocycles. The number of pyridine rings is 1. The molecule has 0 unspecified atom stereocenters. The molecule has 1 aliphatic carbocycles. The van der Waals surface area contributed by atoms with Crippen LogP contribution in [-0.4, -0.2) is 41.9 Å². The van der Waals surface area contributed by atoms with Gasteiger partial charge in [-0.1, -0.05) is 23.4 Å². The maximum atomic E-state index is 9.91. The highest BCUT2D eigenvalue weighted by Gasteiger charge is 2.17. The molecule has 1 heterocycles. The van der Waals surface area contributed by atoms with Crippen LogP contribution in [0, 0.1) is 17.8 Å². The van der Waals surface area contributed by atoms with Gasteiger partial charge in [-0.05, 0) is 12.8 Å². The molecule has 2 atom stereocenters. The van der Waals surface area contributed by atoms with Gasteiger partial charge in [-0.25, -0.2) is 0 Å². The van der Waals surface area contributed by atoms with E-state index >= 15 is 0 Å². The monoisotopic (exact) mass is 309 g/mol. The second-order valence-electron chi connectivity index (χ2n) is 5.11. The summed E-state index contributed by atoms with van der Waals surface area (Å²) in [4.78, 5) is 3.91. The Hall–Kier alpha value is -1.32. The minimum Gasteiger partial charge on any atom is -0.490 e. The first-order valence-electron chi connectivity index (χ1n) is 7.01. The molecule has 0 amide bonds. The predicted octanol–water partition coefficient (Wildman–Crippen LogP) is 0.805. The molecule has 1 aromatic heterocycles. The summed E-state index contributed by atoms with van der Waals surface area (Å²) in [6.45, 7) is 1.15. The predicted molar refractivity (Wildman–Crippen MR) is 82.1 cm³/mol. The molecular formula is C15H20ClN3O2. The standard InChI is InChI=1S/C15H20ClN3O2/c16-12-6-13(8-19-7-12)21-10-14(17)15(20)9-18-5-1-2-11-3-4-11/h6-8,11,14-15,18,20H,3-5,9-10,17H2/t14-,15+/m0/s1. The third kappa shape index (κ3) is 6.32. The molecule has 0 spiro atoms. The summed E-state index contributed by atoms with van der Waals surface area (Å²) in [6.07, 6.45) is 4.82. The van der Waals surface area contributed by atoms with Gasteiger partial charge in [0.1, 0.15) is 12.4 Å². The smallest absolute Gasteiger partial charge is 0.139 e. The summed E-state index contributed by atoms with van der Waals surface area (Å²) < 4.78 is 5.45. The quantitative estimate of drug-likeness (QED) is 0.513. The van der Waals surface area contributed by atoms with Crippen LogP contribution in [0.15, 0.2) is 18.5 Å². The summed E-state index contributed by atoms with van der Waals surface area (Å²) in [5.74, 6) is 7.31. The fraction of sp³-hybridized carbons (Fsp3) is 0.533. The molecule has 21 heavy (non-hydrogen) atoms. The Labute approximate surface area is 129 Å². The third-order valence-electron chi connectivity index (χ3n) is 3.07. The summed E-state index contributed by atoms with van der Waals surface area (Å²) in [6, 6.07) is 1.16. The number of nitrogens with one attached hydrogen (secondary N) is 1. The molecule has 5 nitrogen and oxygen atoms in total. The average molecular weight is 310 g/mol. The highest BCUT2D eigenvalue weighted by Crippen LogP contribution is 2.27. The van der Waals surface area contributed by atoms with E-state index in [1.165, 1.54) is 19.0 Å². The molecule has 6 heteroatoms. The lowest BCUT2D eigenvalue weighted by Gasteiger charge is -2.19. The van der Waals surface area contributed by atoms with Crippen LogP contribution in [0.4, 0.5) is 0 Å².